The Morgan fingerprint density at radius 1 is 1.44 bits per heavy atom. The molecule has 0 aromatic heterocycles. The summed E-state index contributed by atoms with van der Waals surface area (Å²) in [7, 11) is 1.83. The fourth-order valence-electron chi connectivity index (χ4n) is 2.58. The molecular formula is C14H19ClN2O. The number of rotatable bonds is 3. The molecule has 0 spiro atoms. The van der Waals surface area contributed by atoms with Crippen molar-refractivity contribution in [3.8, 4) is 0 Å². The second kappa shape index (κ2) is 5.61. The molecule has 1 fully saturated rings. The molecule has 0 saturated heterocycles. The lowest BCUT2D eigenvalue weighted by atomic mass is 10.1. The molecule has 2 N–H and O–H groups in total. The van der Waals surface area contributed by atoms with E-state index < -0.39 is 0 Å². The summed E-state index contributed by atoms with van der Waals surface area (Å²) in [6, 6.07) is 5.03. The number of benzene rings is 1. The summed E-state index contributed by atoms with van der Waals surface area (Å²) >= 11 is 6.05. The fourth-order valence-corrected chi connectivity index (χ4v) is 2.77. The number of carbonyl (C=O) groups excluding carboxylic acids is 1. The molecule has 3 nitrogen and oxygen atoms in total. The lowest BCUT2D eigenvalue weighted by Crippen LogP contribution is -2.31. The van der Waals surface area contributed by atoms with Gasteiger partial charge in [-0.3, -0.25) is 4.79 Å². The van der Waals surface area contributed by atoms with E-state index in [1.807, 2.05) is 7.05 Å². The average Bonchev–Trinajstić information content (AvgIpc) is 2.84. The third-order valence-electron chi connectivity index (χ3n) is 3.57. The molecule has 0 unspecified atom stereocenters. The minimum atomic E-state index is -0.0424. The van der Waals surface area contributed by atoms with E-state index in [4.69, 9.17) is 17.3 Å². The summed E-state index contributed by atoms with van der Waals surface area (Å²) in [6.45, 7) is 0.809. The van der Waals surface area contributed by atoms with Crippen molar-refractivity contribution in [2.45, 2.75) is 25.7 Å². The van der Waals surface area contributed by atoms with E-state index in [2.05, 4.69) is 0 Å². The van der Waals surface area contributed by atoms with E-state index in [1.54, 1.807) is 23.1 Å². The number of hydrogen-bond donors (Lipinski definition) is 1. The molecule has 1 aliphatic carbocycles. The van der Waals surface area contributed by atoms with Crippen LogP contribution in [0.15, 0.2) is 18.2 Å². The molecule has 4 heteroatoms. The quantitative estimate of drug-likeness (QED) is 0.854. The van der Waals surface area contributed by atoms with Gasteiger partial charge >= 0.3 is 0 Å². The van der Waals surface area contributed by atoms with Crippen LogP contribution in [0.1, 0.15) is 36.0 Å². The van der Waals surface area contributed by atoms with Crippen molar-refractivity contribution < 1.29 is 4.79 Å². The molecule has 1 saturated carbocycles. The topological polar surface area (TPSA) is 46.3 Å². The molecule has 1 aliphatic rings. The largest absolute Gasteiger partial charge is 0.399 e. The van der Waals surface area contributed by atoms with Gasteiger partial charge in [-0.2, -0.15) is 0 Å². The van der Waals surface area contributed by atoms with Crippen molar-refractivity contribution >= 4 is 23.2 Å². The molecule has 98 valence electrons. The van der Waals surface area contributed by atoms with Crippen LogP contribution in [0.2, 0.25) is 5.02 Å². The first-order chi connectivity index (χ1) is 8.58. The summed E-state index contributed by atoms with van der Waals surface area (Å²) in [5.74, 6) is 0.595. The summed E-state index contributed by atoms with van der Waals surface area (Å²) < 4.78 is 0. The smallest absolute Gasteiger partial charge is 0.255 e. The number of halogens is 1. The second-order valence-corrected chi connectivity index (χ2v) is 5.48. The molecule has 0 atom stereocenters. The summed E-state index contributed by atoms with van der Waals surface area (Å²) in [6.07, 6.45) is 5.02. The Kier molecular flexibility index (Phi) is 4.12. The first kappa shape index (κ1) is 13.2. The molecule has 2 rings (SSSR count). The highest BCUT2D eigenvalue weighted by Crippen LogP contribution is 2.26. The first-order valence-corrected chi connectivity index (χ1v) is 6.76. The minimum absolute atomic E-state index is 0.0424. The van der Waals surface area contributed by atoms with Crippen molar-refractivity contribution in [1.82, 2.24) is 4.90 Å². The van der Waals surface area contributed by atoms with Gasteiger partial charge in [-0.15, -0.1) is 0 Å². The van der Waals surface area contributed by atoms with Crippen LogP contribution in [0.25, 0.3) is 0 Å². The molecule has 0 radical (unpaired) electrons. The molecule has 0 aliphatic heterocycles. The van der Waals surface area contributed by atoms with Crippen LogP contribution in [0.5, 0.6) is 0 Å². The predicted octanol–water partition coefficient (Wildman–Crippen LogP) is 3.18. The summed E-state index contributed by atoms with van der Waals surface area (Å²) in [4.78, 5) is 14.1. The molecule has 18 heavy (non-hydrogen) atoms. The van der Waals surface area contributed by atoms with Crippen molar-refractivity contribution in [2.75, 3.05) is 19.3 Å². The van der Waals surface area contributed by atoms with Crippen LogP contribution in [-0.4, -0.2) is 24.4 Å². The molecule has 1 amide bonds. The Morgan fingerprint density at radius 2 is 2.11 bits per heavy atom. The van der Waals surface area contributed by atoms with Crippen LogP contribution in [-0.2, 0) is 0 Å². The Bertz CT molecular complexity index is 441. The van der Waals surface area contributed by atoms with E-state index in [1.165, 1.54) is 25.7 Å². The minimum Gasteiger partial charge on any atom is -0.399 e. The van der Waals surface area contributed by atoms with Gasteiger partial charge in [0, 0.05) is 19.3 Å². The highest BCUT2D eigenvalue weighted by Gasteiger charge is 2.21. The standard InChI is InChI=1S/C14H19ClN2O/c1-17(9-10-4-2-3-5-10)14(18)12-8-11(16)6-7-13(12)15/h6-8,10H,2-5,9,16H2,1H3. The third kappa shape index (κ3) is 2.96. The maximum Gasteiger partial charge on any atom is 0.255 e. The Hall–Kier alpha value is -1.22. The number of hydrogen-bond acceptors (Lipinski definition) is 2. The van der Waals surface area contributed by atoms with Gasteiger partial charge in [0.15, 0.2) is 0 Å². The van der Waals surface area contributed by atoms with Crippen LogP contribution in [0.4, 0.5) is 5.69 Å². The van der Waals surface area contributed by atoms with E-state index in [0.717, 1.165) is 6.54 Å². The van der Waals surface area contributed by atoms with Gasteiger partial charge in [-0.25, -0.2) is 0 Å². The van der Waals surface area contributed by atoms with E-state index in [-0.39, 0.29) is 5.91 Å². The zero-order valence-electron chi connectivity index (χ0n) is 10.7. The van der Waals surface area contributed by atoms with Gasteiger partial charge in [-0.1, -0.05) is 24.4 Å². The monoisotopic (exact) mass is 266 g/mol. The van der Waals surface area contributed by atoms with E-state index in [0.29, 0.717) is 22.2 Å². The van der Waals surface area contributed by atoms with Crippen LogP contribution >= 0.6 is 11.6 Å². The number of anilines is 1. The summed E-state index contributed by atoms with van der Waals surface area (Å²) in [5, 5.41) is 0.465. The maximum absolute atomic E-state index is 12.3. The van der Waals surface area contributed by atoms with Crippen LogP contribution < -0.4 is 5.73 Å². The second-order valence-electron chi connectivity index (χ2n) is 5.08. The average molecular weight is 267 g/mol. The lowest BCUT2D eigenvalue weighted by molar-refractivity contribution is 0.0773. The van der Waals surface area contributed by atoms with Crippen LogP contribution in [0.3, 0.4) is 0 Å². The van der Waals surface area contributed by atoms with Crippen molar-refractivity contribution in [3.63, 3.8) is 0 Å². The van der Waals surface area contributed by atoms with Gasteiger partial charge in [0.1, 0.15) is 0 Å². The van der Waals surface area contributed by atoms with E-state index >= 15 is 0 Å². The molecular weight excluding hydrogens is 248 g/mol. The number of carbonyl (C=O) groups is 1. The van der Waals surface area contributed by atoms with Gasteiger partial charge in [0.2, 0.25) is 0 Å². The first-order valence-electron chi connectivity index (χ1n) is 6.38. The Labute approximate surface area is 113 Å². The van der Waals surface area contributed by atoms with Gasteiger partial charge in [0.25, 0.3) is 5.91 Å². The number of nitrogen functional groups attached to an aromatic ring is 1. The van der Waals surface area contributed by atoms with Crippen molar-refractivity contribution in [3.05, 3.63) is 28.8 Å². The van der Waals surface area contributed by atoms with Gasteiger partial charge in [0.05, 0.1) is 10.6 Å². The van der Waals surface area contributed by atoms with Gasteiger partial charge < -0.3 is 10.6 Å². The van der Waals surface area contributed by atoms with Gasteiger partial charge in [-0.05, 0) is 37.0 Å². The zero-order chi connectivity index (χ0) is 13.1. The Morgan fingerprint density at radius 3 is 2.78 bits per heavy atom. The number of amides is 1. The van der Waals surface area contributed by atoms with Crippen molar-refractivity contribution in [2.24, 2.45) is 5.92 Å². The fraction of sp³-hybridized carbons (Fsp3) is 0.500. The Balaban J connectivity index is 2.07. The third-order valence-corrected chi connectivity index (χ3v) is 3.90. The summed E-state index contributed by atoms with van der Waals surface area (Å²) in [5.41, 5.74) is 6.76. The molecule has 0 heterocycles. The lowest BCUT2D eigenvalue weighted by Gasteiger charge is -2.21. The SMILES string of the molecule is CN(CC1CCCC1)C(=O)c1cc(N)ccc1Cl. The molecule has 1 aromatic carbocycles. The van der Waals surface area contributed by atoms with E-state index in [9.17, 15) is 4.79 Å². The highest BCUT2D eigenvalue weighted by molar-refractivity contribution is 6.33. The maximum atomic E-state index is 12.3. The van der Waals surface area contributed by atoms with Crippen LogP contribution in [0, 0.1) is 5.92 Å². The number of nitrogens with two attached hydrogens (primary N) is 1. The molecule has 0 bridgehead atoms. The highest BCUT2D eigenvalue weighted by atomic mass is 35.5. The normalized spacial score (nSPS) is 15.9. The number of nitrogens with zero attached hydrogens (tertiary/aromatic N) is 1. The molecule has 1 aromatic rings. The zero-order valence-corrected chi connectivity index (χ0v) is 11.4. The van der Waals surface area contributed by atoms with Crippen molar-refractivity contribution in [1.29, 1.82) is 0 Å². The predicted molar refractivity (Wildman–Crippen MR) is 74.8 cm³/mol.